The zero-order chi connectivity index (χ0) is 12.1. The number of carbonyl (C=O) groups excluding carboxylic acids is 1. The third kappa shape index (κ3) is 3.30. The number of nitrogens with zero attached hydrogens (tertiary/aromatic N) is 1. The van der Waals surface area contributed by atoms with Gasteiger partial charge in [-0.15, -0.1) is 0 Å². The molecule has 0 spiro atoms. The molecule has 1 saturated heterocycles. The molecule has 1 aliphatic heterocycles. The number of piperidine rings is 1. The monoisotopic (exact) mass is 232 g/mol. The first-order valence-corrected chi connectivity index (χ1v) is 6.35. The molecule has 1 fully saturated rings. The Morgan fingerprint density at radius 1 is 1.29 bits per heavy atom. The van der Waals surface area contributed by atoms with Crippen LogP contribution in [0.5, 0.6) is 0 Å². The number of benzene rings is 1. The van der Waals surface area contributed by atoms with E-state index in [9.17, 15) is 4.79 Å². The second kappa shape index (κ2) is 5.82. The molecule has 0 bridgehead atoms. The van der Waals surface area contributed by atoms with Crippen molar-refractivity contribution in [1.82, 2.24) is 4.90 Å². The van der Waals surface area contributed by atoms with E-state index in [-0.39, 0.29) is 11.9 Å². The Kier molecular flexibility index (Phi) is 4.15. The van der Waals surface area contributed by atoms with Crippen molar-refractivity contribution >= 4 is 5.91 Å². The van der Waals surface area contributed by atoms with Crippen LogP contribution < -0.4 is 5.73 Å². The molecule has 0 radical (unpaired) electrons. The van der Waals surface area contributed by atoms with Gasteiger partial charge in [-0.2, -0.15) is 0 Å². The fourth-order valence-electron chi connectivity index (χ4n) is 2.31. The van der Waals surface area contributed by atoms with E-state index in [4.69, 9.17) is 5.73 Å². The summed E-state index contributed by atoms with van der Waals surface area (Å²) in [5.74, 6) is 0.129. The number of hydrogen-bond acceptors (Lipinski definition) is 2. The van der Waals surface area contributed by atoms with E-state index in [0.29, 0.717) is 0 Å². The third-order valence-corrected chi connectivity index (χ3v) is 3.31. The number of aryl methyl sites for hydroxylation is 1. The highest BCUT2D eigenvalue weighted by Gasteiger charge is 2.24. The second-order valence-electron chi connectivity index (χ2n) is 4.66. The molecule has 0 aromatic heterocycles. The molecule has 3 heteroatoms. The van der Waals surface area contributed by atoms with E-state index < -0.39 is 0 Å². The molecule has 2 N–H and O–H groups in total. The predicted molar refractivity (Wildman–Crippen MR) is 68.6 cm³/mol. The maximum Gasteiger partial charge on any atom is 0.239 e. The van der Waals surface area contributed by atoms with Gasteiger partial charge < -0.3 is 10.6 Å². The van der Waals surface area contributed by atoms with Crippen LogP contribution in [0.3, 0.4) is 0 Å². The van der Waals surface area contributed by atoms with Crippen LogP contribution in [0.15, 0.2) is 30.3 Å². The summed E-state index contributed by atoms with van der Waals surface area (Å²) in [5.41, 5.74) is 7.09. The molecule has 92 valence electrons. The Bertz CT molecular complexity index is 364. The largest absolute Gasteiger partial charge is 0.341 e. The summed E-state index contributed by atoms with van der Waals surface area (Å²) < 4.78 is 0. The molecule has 1 aromatic rings. The molecule has 3 nitrogen and oxygen atoms in total. The van der Waals surface area contributed by atoms with Gasteiger partial charge in [-0.05, 0) is 31.2 Å². The van der Waals surface area contributed by atoms with Gasteiger partial charge >= 0.3 is 0 Å². The van der Waals surface area contributed by atoms with Crippen molar-refractivity contribution in [2.45, 2.75) is 31.7 Å². The van der Waals surface area contributed by atoms with Crippen LogP contribution in [0.25, 0.3) is 0 Å². The van der Waals surface area contributed by atoms with E-state index in [0.717, 1.165) is 38.8 Å². The topological polar surface area (TPSA) is 46.3 Å². The average Bonchev–Trinajstić information content (AvgIpc) is 2.36. The first-order chi connectivity index (χ1) is 8.27. The Balaban J connectivity index is 1.77. The number of nitrogens with two attached hydrogens (primary N) is 1. The van der Waals surface area contributed by atoms with Gasteiger partial charge in [0.1, 0.15) is 0 Å². The summed E-state index contributed by atoms with van der Waals surface area (Å²) in [7, 11) is 0. The molecule has 17 heavy (non-hydrogen) atoms. The fourth-order valence-corrected chi connectivity index (χ4v) is 2.31. The first-order valence-electron chi connectivity index (χ1n) is 6.35. The highest BCUT2D eigenvalue weighted by atomic mass is 16.2. The molecule has 0 saturated carbocycles. The Morgan fingerprint density at radius 3 is 2.82 bits per heavy atom. The number of likely N-dealkylation sites (tertiary alicyclic amines) is 1. The Hall–Kier alpha value is -1.35. The molecule has 1 unspecified atom stereocenters. The van der Waals surface area contributed by atoms with Crippen LogP contribution in [0.2, 0.25) is 0 Å². The van der Waals surface area contributed by atoms with Crippen molar-refractivity contribution in [2.75, 3.05) is 13.1 Å². The van der Waals surface area contributed by atoms with Crippen molar-refractivity contribution in [2.24, 2.45) is 5.73 Å². The Labute approximate surface area is 103 Å². The summed E-state index contributed by atoms with van der Waals surface area (Å²) in [4.78, 5) is 13.7. The van der Waals surface area contributed by atoms with E-state index in [2.05, 4.69) is 24.3 Å². The molecule has 1 atom stereocenters. The van der Waals surface area contributed by atoms with Crippen LogP contribution in [-0.4, -0.2) is 29.9 Å². The first kappa shape index (κ1) is 12.1. The summed E-state index contributed by atoms with van der Waals surface area (Å²) in [6.07, 6.45) is 3.93. The van der Waals surface area contributed by atoms with Gasteiger partial charge in [0.2, 0.25) is 5.91 Å². The molecular weight excluding hydrogens is 212 g/mol. The van der Waals surface area contributed by atoms with Crippen molar-refractivity contribution in [3.05, 3.63) is 35.9 Å². The van der Waals surface area contributed by atoms with Crippen molar-refractivity contribution in [1.29, 1.82) is 0 Å². The molecular formula is C14H20N2O. The average molecular weight is 232 g/mol. The summed E-state index contributed by atoms with van der Waals surface area (Å²) in [6.45, 7) is 1.71. The highest BCUT2D eigenvalue weighted by molar-refractivity contribution is 5.82. The summed E-state index contributed by atoms with van der Waals surface area (Å²) >= 11 is 0. The lowest BCUT2D eigenvalue weighted by Crippen LogP contribution is -2.48. The number of carbonyl (C=O) groups is 1. The summed E-state index contributed by atoms with van der Waals surface area (Å²) in [6, 6.07) is 10.1. The Morgan fingerprint density at radius 2 is 2.06 bits per heavy atom. The minimum Gasteiger partial charge on any atom is -0.341 e. The van der Waals surface area contributed by atoms with Crippen LogP contribution >= 0.6 is 0 Å². The zero-order valence-corrected chi connectivity index (χ0v) is 10.1. The lowest BCUT2D eigenvalue weighted by Gasteiger charge is -2.30. The lowest BCUT2D eigenvalue weighted by atomic mass is 10.0. The van der Waals surface area contributed by atoms with Crippen molar-refractivity contribution in [3.8, 4) is 0 Å². The number of hydrogen-bond donors (Lipinski definition) is 1. The van der Waals surface area contributed by atoms with Crippen molar-refractivity contribution < 1.29 is 4.79 Å². The second-order valence-corrected chi connectivity index (χ2v) is 4.66. The number of rotatable bonds is 4. The van der Waals surface area contributed by atoms with Gasteiger partial charge in [-0.25, -0.2) is 0 Å². The van der Waals surface area contributed by atoms with Crippen LogP contribution in [-0.2, 0) is 11.2 Å². The minimum absolute atomic E-state index is 0.129. The van der Waals surface area contributed by atoms with Gasteiger partial charge in [-0.3, -0.25) is 4.79 Å². The van der Waals surface area contributed by atoms with Gasteiger partial charge in [0.25, 0.3) is 0 Å². The summed E-state index contributed by atoms with van der Waals surface area (Å²) in [5, 5.41) is 0. The molecule has 1 heterocycles. The lowest BCUT2D eigenvalue weighted by molar-refractivity contribution is -0.134. The standard InChI is InChI=1S/C14H20N2O/c15-13-9-5-11-16(14(13)17)10-4-8-12-6-2-1-3-7-12/h1-3,6-7,13H,4-5,8-11,15H2. The maximum atomic E-state index is 11.8. The van der Waals surface area contributed by atoms with E-state index >= 15 is 0 Å². The van der Waals surface area contributed by atoms with Gasteiger partial charge in [0.15, 0.2) is 0 Å². The molecule has 1 aliphatic rings. The SMILES string of the molecule is NC1CCCN(CCCc2ccccc2)C1=O. The smallest absolute Gasteiger partial charge is 0.239 e. The van der Waals surface area contributed by atoms with Gasteiger partial charge in [0, 0.05) is 13.1 Å². The van der Waals surface area contributed by atoms with E-state index in [1.54, 1.807) is 0 Å². The molecule has 1 aromatic carbocycles. The van der Waals surface area contributed by atoms with Crippen molar-refractivity contribution in [3.63, 3.8) is 0 Å². The van der Waals surface area contributed by atoms with Crippen LogP contribution in [0.1, 0.15) is 24.8 Å². The predicted octanol–water partition coefficient (Wildman–Crippen LogP) is 1.57. The molecule has 0 aliphatic carbocycles. The van der Waals surface area contributed by atoms with E-state index in [1.165, 1.54) is 5.56 Å². The van der Waals surface area contributed by atoms with Crippen LogP contribution in [0.4, 0.5) is 0 Å². The van der Waals surface area contributed by atoms with Crippen LogP contribution in [0, 0.1) is 0 Å². The molecule has 1 amide bonds. The highest BCUT2D eigenvalue weighted by Crippen LogP contribution is 2.11. The molecule has 2 rings (SSSR count). The van der Waals surface area contributed by atoms with Gasteiger partial charge in [0.05, 0.1) is 6.04 Å². The zero-order valence-electron chi connectivity index (χ0n) is 10.1. The number of amides is 1. The normalized spacial score (nSPS) is 20.6. The minimum atomic E-state index is -0.263. The van der Waals surface area contributed by atoms with E-state index in [1.807, 2.05) is 11.0 Å². The fraction of sp³-hybridized carbons (Fsp3) is 0.500. The van der Waals surface area contributed by atoms with Gasteiger partial charge in [-0.1, -0.05) is 30.3 Å². The maximum absolute atomic E-state index is 11.8. The third-order valence-electron chi connectivity index (χ3n) is 3.31. The quantitative estimate of drug-likeness (QED) is 0.856.